The first-order valence-electron chi connectivity index (χ1n) is 3.06. The van der Waals surface area contributed by atoms with Gasteiger partial charge in [0.05, 0.1) is 5.54 Å². The average Bonchev–Trinajstić information content (AvgIpc) is 1.65. The van der Waals surface area contributed by atoms with Crippen LogP contribution in [0.25, 0.3) is 0 Å². The maximum atomic E-state index is 7.29. The molecule has 0 saturated heterocycles. The Labute approximate surface area is 56.5 Å². The Morgan fingerprint density at radius 3 is 2.11 bits per heavy atom. The average molecular weight is 126 g/mol. The molecule has 0 amide bonds. The minimum absolute atomic E-state index is 0.297. The summed E-state index contributed by atoms with van der Waals surface area (Å²) >= 11 is 0. The van der Waals surface area contributed by atoms with Gasteiger partial charge in [0.2, 0.25) is 0 Å². The van der Waals surface area contributed by atoms with Gasteiger partial charge in [-0.05, 0) is 33.9 Å². The molecule has 0 fully saturated rings. The standard InChI is InChI=1S/C7H14N2/c1-5-9-7(3,4)6(2)8/h5,8H,1-4H3/b8-6?,9-5-. The van der Waals surface area contributed by atoms with Gasteiger partial charge in [-0.1, -0.05) is 0 Å². The number of hydrogen-bond donors (Lipinski definition) is 1. The van der Waals surface area contributed by atoms with Crippen LogP contribution >= 0.6 is 0 Å². The number of nitrogens with one attached hydrogen (secondary N) is 1. The largest absolute Gasteiger partial charge is 0.307 e. The highest BCUT2D eigenvalue weighted by Gasteiger charge is 2.16. The summed E-state index contributed by atoms with van der Waals surface area (Å²) in [5.41, 5.74) is 0.301. The quantitative estimate of drug-likeness (QED) is 0.548. The summed E-state index contributed by atoms with van der Waals surface area (Å²) in [7, 11) is 0. The van der Waals surface area contributed by atoms with Crippen molar-refractivity contribution in [3.63, 3.8) is 0 Å². The van der Waals surface area contributed by atoms with Gasteiger partial charge in [0.25, 0.3) is 0 Å². The fourth-order valence-electron chi connectivity index (χ4n) is 0.420. The molecule has 0 aromatic carbocycles. The molecule has 0 bridgehead atoms. The van der Waals surface area contributed by atoms with Gasteiger partial charge in [-0.2, -0.15) is 0 Å². The Hall–Kier alpha value is -0.660. The highest BCUT2D eigenvalue weighted by molar-refractivity contribution is 5.89. The topological polar surface area (TPSA) is 36.2 Å². The Morgan fingerprint density at radius 1 is 1.56 bits per heavy atom. The van der Waals surface area contributed by atoms with Crippen LogP contribution in [0.5, 0.6) is 0 Å². The normalized spacial score (nSPS) is 12.4. The molecule has 1 N–H and O–H groups in total. The van der Waals surface area contributed by atoms with E-state index in [1.165, 1.54) is 0 Å². The lowest BCUT2D eigenvalue weighted by molar-refractivity contribution is 0.697. The highest BCUT2D eigenvalue weighted by atomic mass is 14.8. The van der Waals surface area contributed by atoms with E-state index >= 15 is 0 Å². The van der Waals surface area contributed by atoms with Gasteiger partial charge in [-0.25, -0.2) is 0 Å². The molecule has 0 aliphatic rings. The van der Waals surface area contributed by atoms with Crippen molar-refractivity contribution in [2.45, 2.75) is 33.2 Å². The summed E-state index contributed by atoms with van der Waals surface area (Å²) < 4.78 is 0. The molecule has 0 atom stereocenters. The number of nitrogens with zero attached hydrogens (tertiary/aromatic N) is 1. The molecule has 2 heteroatoms. The van der Waals surface area contributed by atoms with E-state index in [-0.39, 0.29) is 5.54 Å². The van der Waals surface area contributed by atoms with Gasteiger partial charge in [-0.3, -0.25) is 4.99 Å². The van der Waals surface area contributed by atoms with E-state index in [0.717, 1.165) is 0 Å². The van der Waals surface area contributed by atoms with Crippen LogP contribution in [0.2, 0.25) is 0 Å². The molecule has 9 heavy (non-hydrogen) atoms. The SMILES string of the molecule is C/C=N\C(C)(C)C(C)=N. The second-order valence-electron chi connectivity index (χ2n) is 2.57. The predicted molar refractivity (Wildman–Crippen MR) is 41.6 cm³/mol. The Bertz CT molecular complexity index is 134. The number of rotatable bonds is 2. The van der Waals surface area contributed by atoms with E-state index in [0.29, 0.717) is 5.71 Å². The highest BCUT2D eigenvalue weighted by Crippen LogP contribution is 2.08. The third-order valence-corrected chi connectivity index (χ3v) is 1.37. The lowest BCUT2D eigenvalue weighted by Crippen LogP contribution is -2.25. The summed E-state index contributed by atoms with van der Waals surface area (Å²) in [4.78, 5) is 4.11. The minimum atomic E-state index is -0.297. The van der Waals surface area contributed by atoms with Gasteiger partial charge >= 0.3 is 0 Å². The van der Waals surface area contributed by atoms with Crippen LogP contribution in [0.1, 0.15) is 27.7 Å². The Balaban J connectivity index is 4.19. The first-order chi connectivity index (χ1) is 4.00. The molecular weight excluding hydrogens is 112 g/mol. The summed E-state index contributed by atoms with van der Waals surface area (Å²) in [6.07, 6.45) is 1.73. The lowest BCUT2D eigenvalue weighted by atomic mass is 10.0. The molecule has 2 nitrogen and oxygen atoms in total. The molecule has 0 aliphatic heterocycles. The molecule has 0 radical (unpaired) electrons. The van der Waals surface area contributed by atoms with Crippen LogP contribution in [-0.2, 0) is 0 Å². The fourth-order valence-corrected chi connectivity index (χ4v) is 0.420. The van der Waals surface area contributed by atoms with E-state index in [2.05, 4.69) is 4.99 Å². The molecular formula is C7H14N2. The van der Waals surface area contributed by atoms with E-state index in [1.54, 1.807) is 13.1 Å². The first kappa shape index (κ1) is 8.34. The molecule has 0 aromatic heterocycles. The van der Waals surface area contributed by atoms with Crippen LogP contribution in [0.3, 0.4) is 0 Å². The lowest BCUT2D eigenvalue weighted by Gasteiger charge is -2.16. The molecule has 0 spiro atoms. The van der Waals surface area contributed by atoms with E-state index in [9.17, 15) is 0 Å². The molecule has 0 rings (SSSR count). The van der Waals surface area contributed by atoms with Crippen molar-refractivity contribution in [1.82, 2.24) is 0 Å². The molecule has 0 aliphatic carbocycles. The maximum absolute atomic E-state index is 7.29. The summed E-state index contributed by atoms with van der Waals surface area (Å²) in [5, 5.41) is 7.29. The van der Waals surface area contributed by atoms with Crippen molar-refractivity contribution >= 4 is 11.9 Å². The van der Waals surface area contributed by atoms with Crippen molar-refractivity contribution in [3.05, 3.63) is 0 Å². The number of hydrogen-bond acceptors (Lipinski definition) is 2. The van der Waals surface area contributed by atoms with Gasteiger partial charge < -0.3 is 5.41 Å². The summed E-state index contributed by atoms with van der Waals surface area (Å²) in [6, 6.07) is 0. The van der Waals surface area contributed by atoms with Gasteiger partial charge in [-0.15, -0.1) is 0 Å². The summed E-state index contributed by atoms with van der Waals surface area (Å²) in [5.74, 6) is 0. The monoisotopic (exact) mass is 126 g/mol. The van der Waals surface area contributed by atoms with E-state index in [1.807, 2.05) is 20.8 Å². The van der Waals surface area contributed by atoms with Crippen molar-refractivity contribution in [1.29, 1.82) is 5.41 Å². The van der Waals surface area contributed by atoms with Crippen molar-refractivity contribution < 1.29 is 0 Å². The van der Waals surface area contributed by atoms with Crippen LogP contribution < -0.4 is 0 Å². The fraction of sp³-hybridized carbons (Fsp3) is 0.714. The van der Waals surface area contributed by atoms with Crippen LogP contribution in [0, 0.1) is 5.41 Å². The van der Waals surface area contributed by atoms with E-state index in [4.69, 9.17) is 5.41 Å². The Kier molecular flexibility index (Phi) is 2.56. The third kappa shape index (κ3) is 2.40. The second-order valence-corrected chi connectivity index (χ2v) is 2.57. The van der Waals surface area contributed by atoms with Crippen LogP contribution in [0.4, 0.5) is 0 Å². The predicted octanol–water partition coefficient (Wildman–Crippen LogP) is 1.90. The molecule has 0 unspecified atom stereocenters. The molecule has 0 saturated carbocycles. The van der Waals surface area contributed by atoms with Crippen LogP contribution in [0.15, 0.2) is 4.99 Å². The summed E-state index contributed by atoms with van der Waals surface area (Å²) in [6.45, 7) is 7.49. The van der Waals surface area contributed by atoms with Crippen molar-refractivity contribution in [2.24, 2.45) is 4.99 Å². The zero-order valence-electron chi connectivity index (χ0n) is 6.52. The third-order valence-electron chi connectivity index (χ3n) is 1.37. The zero-order chi connectivity index (χ0) is 7.49. The van der Waals surface area contributed by atoms with Gasteiger partial charge in [0, 0.05) is 5.71 Å². The number of aliphatic imine (C=N–C) groups is 1. The molecule has 0 aromatic rings. The molecule has 52 valence electrons. The van der Waals surface area contributed by atoms with Gasteiger partial charge in [0.1, 0.15) is 0 Å². The zero-order valence-corrected chi connectivity index (χ0v) is 6.52. The van der Waals surface area contributed by atoms with Crippen LogP contribution in [-0.4, -0.2) is 17.5 Å². The second kappa shape index (κ2) is 2.76. The minimum Gasteiger partial charge on any atom is -0.307 e. The molecule has 0 heterocycles. The van der Waals surface area contributed by atoms with Crippen molar-refractivity contribution in [2.75, 3.05) is 0 Å². The first-order valence-corrected chi connectivity index (χ1v) is 3.06. The van der Waals surface area contributed by atoms with Crippen molar-refractivity contribution in [3.8, 4) is 0 Å². The Morgan fingerprint density at radius 2 is 2.00 bits per heavy atom. The van der Waals surface area contributed by atoms with Gasteiger partial charge in [0.15, 0.2) is 0 Å². The smallest absolute Gasteiger partial charge is 0.0916 e. The maximum Gasteiger partial charge on any atom is 0.0916 e. The van der Waals surface area contributed by atoms with E-state index < -0.39 is 0 Å².